The molecule has 0 amide bonds. The van der Waals surface area contributed by atoms with Gasteiger partial charge in [-0.15, -0.1) is 0 Å². The van der Waals surface area contributed by atoms with E-state index in [4.69, 9.17) is 0 Å². The van der Waals surface area contributed by atoms with Crippen molar-refractivity contribution in [2.45, 2.75) is 34.6 Å². The highest BCUT2D eigenvalue weighted by molar-refractivity contribution is 6.09. The zero-order chi connectivity index (χ0) is 15.0. The Morgan fingerprint density at radius 2 is 1.20 bits per heavy atom. The summed E-state index contributed by atoms with van der Waals surface area (Å²) in [6.07, 6.45) is 0. The maximum atomic E-state index is 11.9. The molecule has 0 bridgehead atoms. The topological polar surface area (TPSA) is 39.1 Å². The van der Waals surface area contributed by atoms with Crippen LogP contribution >= 0.6 is 0 Å². The first kappa shape index (κ1) is 14.3. The number of benzene rings is 1. The van der Waals surface area contributed by atoms with Gasteiger partial charge in [0.05, 0.1) is 0 Å². The first-order chi connectivity index (χ1) is 9.34. The van der Waals surface area contributed by atoms with Crippen LogP contribution < -0.4 is 0 Å². The molecule has 2 rings (SSSR count). The highest BCUT2D eigenvalue weighted by atomic mass is 16.1. The lowest BCUT2D eigenvalue weighted by atomic mass is 10.0. The van der Waals surface area contributed by atoms with Crippen LogP contribution in [-0.4, -0.2) is 16.1 Å². The molecule has 20 heavy (non-hydrogen) atoms. The Balaban J connectivity index is 2.78. The molecule has 0 aliphatic carbocycles. The van der Waals surface area contributed by atoms with Crippen molar-refractivity contribution in [3.63, 3.8) is 0 Å². The molecule has 0 spiro atoms. The summed E-state index contributed by atoms with van der Waals surface area (Å²) < 4.78 is 1.98. The van der Waals surface area contributed by atoms with Crippen molar-refractivity contribution in [3.8, 4) is 5.69 Å². The van der Waals surface area contributed by atoms with Crippen LogP contribution in [0.3, 0.4) is 0 Å². The van der Waals surface area contributed by atoms with Gasteiger partial charge in [0.25, 0.3) is 0 Å². The molecule has 104 valence electrons. The molecule has 0 aliphatic rings. The Bertz CT molecular complexity index is 653. The fourth-order valence-electron chi connectivity index (χ4n) is 2.78. The van der Waals surface area contributed by atoms with E-state index in [1.165, 1.54) is 19.4 Å². The Morgan fingerprint density at radius 1 is 0.800 bits per heavy atom. The second-order valence-electron chi connectivity index (χ2n) is 5.20. The van der Waals surface area contributed by atoms with Gasteiger partial charge in [-0.3, -0.25) is 9.59 Å². The first-order valence-electron chi connectivity index (χ1n) is 6.65. The fraction of sp³-hybridized carbons (Fsp3) is 0.294. The molecule has 0 saturated carbocycles. The van der Waals surface area contributed by atoms with Crippen LogP contribution in [-0.2, 0) is 0 Å². The number of Topliss-reactive ketones (excluding diaryl/α,β-unsaturated/α-hetero) is 2. The maximum absolute atomic E-state index is 11.9. The molecule has 0 atom stereocenters. The van der Waals surface area contributed by atoms with Gasteiger partial charge in [0.2, 0.25) is 0 Å². The van der Waals surface area contributed by atoms with E-state index in [1.54, 1.807) is 0 Å². The minimum atomic E-state index is -0.0679. The SMILES string of the molecule is CC(=O)c1c(C(C)=O)c(C)n(-c2ccc(C)cc2)c1C. The lowest BCUT2D eigenvalue weighted by Crippen LogP contribution is -2.02. The number of nitrogens with zero attached hydrogens (tertiary/aromatic N) is 1. The number of aromatic nitrogens is 1. The summed E-state index contributed by atoms with van der Waals surface area (Å²) in [6.45, 7) is 8.81. The molecule has 0 N–H and O–H groups in total. The lowest BCUT2D eigenvalue weighted by molar-refractivity contribution is 0.0981. The van der Waals surface area contributed by atoms with Gasteiger partial charge in [0.15, 0.2) is 11.6 Å². The lowest BCUT2D eigenvalue weighted by Gasteiger charge is -2.10. The van der Waals surface area contributed by atoms with Crippen LogP contribution in [0.2, 0.25) is 0 Å². The van der Waals surface area contributed by atoms with E-state index in [2.05, 4.69) is 0 Å². The average Bonchev–Trinajstić information content (AvgIpc) is 2.62. The van der Waals surface area contributed by atoms with E-state index < -0.39 is 0 Å². The number of carbonyl (C=O) groups is 2. The molecule has 3 heteroatoms. The number of hydrogen-bond donors (Lipinski definition) is 0. The summed E-state index contributed by atoms with van der Waals surface area (Å²) in [5.41, 5.74) is 4.87. The molecule has 1 aromatic heterocycles. The van der Waals surface area contributed by atoms with E-state index in [9.17, 15) is 9.59 Å². The Labute approximate surface area is 119 Å². The number of ketones is 2. The predicted octanol–water partition coefficient (Wildman–Crippen LogP) is 3.81. The van der Waals surface area contributed by atoms with Crippen molar-refractivity contribution in [3.05, 3.63) is 52.3 Å². The average molecular weight is 269 g/mol. The molecule has 0 unspecified atom stereocenters. The van der Waals surface area contributed by atoms with E-state index >= 15 is 0 Å². The molecule has 0 radical (unpaired) electrons. The smallest absolute Gasteiger partial charge is 0.162 e. The van der Waals surface area contributed by atoms with Gasteiger partial charge in [-0.25, -0.2) is 0 Å². The molecule has 0 fully saturated rings. The summed E-state index contributed by atoms with van der Waals surface area (Å²) >= 11 is 0. The number of aryl methyl sites for hydroxylation is 1. The molecule has 0 saturated heterocycles. The summed E-state index contributed by atoms with van der Waals surface area (Å²) in [4.78, 5) is 23.8. The largest absolute Gasteiger partial charge is 0.317 e. The minimum Gasteiger partial charge on any atom is -0.317 e. The highest BCUT2D eigenvalue weighted by Gasteiger charge is 2.23. The van der Waals surface area contributed by atoms with Gasteiger partial charge in [0.1, 0.15) is 0 Å². The second kappa shape index (κ2) is 5.08. The third-order valence-corrected chi connectivity index (χ3v) is 3.64. The summed E-state index contributed by atoms with van der Waals surface area (Å²) in [6, 6.07) is 8.05. The van der Waals surface area contributed by atoms with E-state index in [0.717, 1.165) is 17.1 Å². The molecular weight excluding hydrogens is 250 g/mol. The zero-order valence-corrected chi connectivity index (χ0v) is 12.6. The van der Waals surface area contributed by atoms with E-state index in [-0.39, 0.29) is 11.6 Å². The van der Waals surface area contributed by atoms with Gasteiger partial charge >= 0.3 is 0 Å². The highest BCUT2D eigenvalue weighted by Crippen LogP contribution is 2.27. The van der Waals surface area contributed by atoms with Crippen LogP contribution in [0.1, 0.15) is 51.5 Å². The number of rotatable bonds is 3. The molecule has 1 heterocycles. The van der Waals surface area contributed by atoms with Crippen molar-refractivity contribution in [2.75, 3.05) is 0 Å². The predicted molar refractivity (Wildman–Crippen MR) is 80.0 cm³/mol. The number of hydrogen-bond acceptors (Lipinski definition) is 2. The molecule has 2 aromatic rings. The van der Waals surface area contributed by atoms with Crippen LogP contribution in [0, 0.1) is 20.8 Å². The first-order valence-corrected chi connectivity index (χ1v) is 6.65. The van der Waals surface area contributed by atoms with Crippen LogP contribution in [0.15, 0.2) is 24.3 Å². The van der Waals surface area contributed by atoms with Crippen LogP contribution in [0.5, 0.6) is 0 Å². The Morgan fingerprint density at radius 3 is 1.55 bits per heavy atom. The second-order valence-corrected chi connectivity index (χ2v) is 5.20. The third kappa shape index (κ3) is 2.20. The van der Waals surface area contributed by atoms with Gasteiger partial charge in [-0.2, -0.15) is 0 Å². The van der Waals surface area contributed by atoms with Crippen molar-refractivity contribution < 1.29 is 9.59 Å². The van der Waals surface area contributed by atoms with Gasteiger partial charge < -0.3 is 4.57 Å². The fourth-order valence-corrected chi connectivity index (χ4v) is 2.78. The van der Waals surface area contributed by atoms with Crippen LogP contribution in [0.25, 0.3) is 5.69 Å². The molecule has 1 aromatic carbocycles. The van der Waals surface area contributed by atoms with Crippen molar-refractivity contribution >= 4 is 11.6 Å². The summed E-state index contributed by atoms with van der Waals surface area (Å²) in [7, 11) is 0. The standard InChI is InChI=1S/C17H19NO2/c1-10-6-8-15(9-7-10)18-11(2)16(13(4)19)17(12(18)3)14(5)20/h6-9H,1-5H3. The Hall–Kier alpha value is -2.16. The molecular formula is C17H19NO2. The Kier molecular flexibility index (Phi) is 3.62. The molecule has 3 nitrogen and oxygen atoms in total. The maximum Gasteiger partial charge on any atom is 0.162 e. The van der Waals surface area contributed by atoms with Crippen molar-refractivity contribution in [1.82, 2.24) is 4.57 Å². The monoisotopic (exact) mass is 269 g/mol. The normalized spacial score (nSPS) is 10.7. The summed E-state index contributed by atoms with van der Waals surface area (Å²) in [5, 5.41) is 0. The van der Waals surface area contributed by atoms with Gasteiger partial charge in [0, 0.05) is 28.2 Å². The van der Waals surface area contributed by atoms with Gasteiger partial charge in [-0.05, 0) is 46.8 Å². The van der Waals surface area contributed by atoms with Crippen LogP contribution in [0.4, 0.5) is 0 Å². The van der Waals surface area contributed by atoms with Crippen molar-refractivity contribution in [1.29, 1.82) is 0 Å². The van der Waals surface area contributed by atoms with Gasteiger partial charge in [-0.1, -0.05) is 17.7 Å². The minimum absolute atomic E-state index is 0.0679. The van der Waals surface area contributed by atoms with E-state index in [1.807, 2.05) is 49.6 Å². The van der Waals surface area contributed by atoms with Crippen molar-refractivity contribution in [2.24, 2.45) is 0 Å². The quantitative estimate of drug-likeness (QED) is 0.795. The van der Waals surface area contributed by atoms with E-state index in [0.29, 0.717) is 11.1 Å². The summed E-state index contributed by atoms with van der Waals surface area (Å²) in [5.74, 6) is -0.136. The number of carbonyl (C=O) groups excluding carboxylic acids is 2. The zero-order valence-electron chi connectivity index (χ0n) is 12.6. The molecule has 0 aliphatic heterocycles. The third-order valence-electron chi connectivity index (χ3n) is 3.64.